The number of carbonyl (C=O) groups is 2. The molecule has 23 heavy (non-hydrogen) atoms. The summed E-state index contributed by atoms with van der Waals surface area (Å²) in [5, 5.41) is 12.0. The van der Waals surface area contributed by atoms with Crippen molar-refractivity contribution in [3.63, 3.8) is 0 Å². The summed E-state index contributed by atoms with van der Waals surface area (Å²) in [6.45, 7) is 7.82. The first-order valence-corrected chi connectivity index (χ1v) is 8.24. The number of anilines is 1. The summed E-state index contributed by atoms with van der Waals surface area (Å²) < 4.78 is 6.80. The topological polar surface area (TPSA) is 86.1 Å². The van der Waals surface area contributed by atoms with Crippen molar-refractivity contribution >= 4 is 28.3 Å². The van der Waals surface area contributed by atoms with Crippen LogP contribution in [0.25, 0.3) is 0 Å². The second kappa shape index (κ2) is 7.36. The van der Waals surface area contributed by atoms with Crippen LogP contribution in [-0.4, -0.2) is 33.2 Å². The number of carbonyl (C=O) groups excluding carboxylic acids is 2. The SMILES string of the molecule is CCOC(=O)c1cc(C)n(CC(=O)Nc2nnc(CC)s2)c1C. The Morgan fingerprint density at radius 2 is 2.04 bits per heavy atom. The number of aryl methyl sites for hydroxylation is 2. The average molecular weight is 336 g/mol. The van der Waals surface area contributed by atoms with Crippen LogP contribution in [0.15, 0.2) is 6.07 Å². The summed E-state index contributed by atoms with van der Waals surface area (Å²) in [5.74, 6) is -0.579. The van der Waals surface area contributed by atoms with Gasteiger partial charge in [-0.05, 0) is 33.3 Å². The number of esters is 1. The maximum absolute atomic E-state index is 12.2. The molecule has 7 nitrogen and oxygen atoms in total. The van der Waals surface area contributed by atoms with Gasteiger partial charge in [0, 0.05) is 11.4 Å². The van der Waals surface area contributed by atoms with Crippen LogP contribution in [-0.2, 0) is 22.5 Å². The van der Waals surface area contributed by atoms with E-state index in [0.717, 1.165) is 17.1 Å². The van der Waals surface area contributed by atoms with E-state index in [-0.39, 0.29) is 18.4 Å². The minimum atomic E-state index is -0.371. The summed E-state index contributed by atoms with van der Waals surface area (Å²) >= 11 is 1.36. The molecule has 0 spiro atoms. The minimum absolute atomic E-state index is 0.109. The van der Waals surface area contributed by atoms with E-state index in [1.54, 1.807) is 24.5 Å². The molecule has 2 aromatic rings. The number of nitrogens with zero attached hydrogens (tertiary/aromatic N) is 3. The van der Waals surface area contributed by atoms with Gasteiger partial charge in [-0.3, -0.25) is 10.1 Å². The molecule has 0 aliphatic heterocycles. The third kappa shape index (κ3) is 3.95. The van der Waals surface area contributed by atoms with E-state index in [1.807, 2.05) is 13.8 Å². The van der Waals surface area contributed by atoms with E-state index in [0.29, 0.717) is 23.0 Å². The van der Waals surface area contributed by atoms with Crippen LogP contribution in [0.4, 0.5) is 5.13 Å². The maximum atomic E-state index is 12.2. The number of amides is 1. The molecule has 2 rings (SSSR count). The molecule has 0 saturated heterocycles. The maximum Gasteiger partial charge on any atom is 0.339 e. The first-order chi connectivity index (χ1) is 11.0. The summed E-state index contributed by atoms with van der Waals surface area (Å²) in [4.78, 5) is 24.1. The molecule has 0 radical (unpaired) electrons. The fraction of sp³-hybridized carbons (Fsp3) is 0.467. The largest absolute Gasteiger partial charge is 0.462 e. The molecule has 0 bridgehead atoms. The molecule has 2 heterocycles. The molecule has 0 fully saturated rings. The van der Waals surface area contributed by atoms with E-state index in [2.05, 4.69) is 15.5 Å². The van der Waals surface area contributed by atoms with Crippen LogP contribution in [0.5, 0.6) is 0 Å². The first-order valence-electron chi connectivity index (χ1n) is 7.42. The van der Waals surface area contributed by atoms with Crippen molar-refractivity contribution < 1.29 is 14.3 Å². The lowest BCUT2D eigenvalue weighted by atomic mass is 10.2. The van der Waals surface area contributed by atoms with Crippen molar-refractivity contribution in [3.8, 4) is 0 Å². The Bertz CT molecular complexity index is 720. The first kappa shape index (κ1) is 17.1. The fourth-order valence-electron chi connectivity index (χ4n) is 2.21. The van der Waals surface area contributed by atoms with Gasteiger partial charge in [-0.25, -0.2) is 4.79 Å². The van der Waals surface area contributed by atoms with Crippen molar-refractivity contribution in [3.05, 3.63) is 28.0 Å². The van der Waals surface area contributed by atoms with Crippen molar-refractivity contribution in [2.75, 3.05) is 11.9 Å². The van der Waals surface area contributed by atoms with Gasteiger partial charge in [0.05, 0.1) is 12.2 Å². The normalized spacial score (nSPS) is 10.6. The Balaban J connectivity index is 2.10. The summed E-state index contributed by atoms with van der Waals surface area (Å²) in [7, 11) is 0. The Hall–Kier alpha value is -2.22. The van der Waals surface area contributed by atoms with Gasteiger partial charge in [-0.15, -0.1) is 10.2 Å². The van der Waals surface area contributed by atoms with Gasteiger partial charge in [-0.2, -0.15) is 0 Å². The van der Waals surface area contributed by atoms with Gasteiger partial charge < -0.3 is 9.30 Å². The average Bonchev–Trinajstić information content (AvgIpc) is 3.07. The van der Waals surface area contributed by atoms with E-state index in [1.165, 1.54) is 11.3 Å². The molecule has 0 atom stereocenters. The fourth-order valence-corrected chi connectivity index (χ4v) is 2.91. The zero-order valence-corrected chi connectivity index (χ0v) is 14.5. The van der Waals surface area contributed by atoms with Gasteiger partial charge in [0.2, 0.25) is 11.0 Å². The molecular weight excluding hydrogens is 316 g/mol. The number of ether oxygens (including phenoxy) is 1. The number of nitrogens with one attached hydrogen (secondary N) is 1. The molecule has 2 aromatic heterocycles. The molecule has 0 aromatic carbocycles. The molecular formula is C15H20N4O3S. The van der Waals surface area contributed by atoms with Crippen molar-refractivity contribution in [2.24, 2.45) is 0 Å². The molecule has 0 saturated carbocycles. The molecule has 1 amide bonds. The highest BCUT2D eigenvalue weighted by Crippen LogP contribution is 2.18. The highest BCUT2D eigenvalue weighted by Gasteiger charge is 2.18. The lowest BCUT2D eigenvalue weighted by Gasteiger charge is -2.09. The van der Waals surface area contributed by atoms with Gasteiger partial charge in [0.1, 0.15) is 11.6 Å². The summed E-state index contributed by atoms with van der Waals surface area (Å²) in [5.41, 5.74) is 2.02. The summed E-state index contributed by atoms with van der Waals surface area (Å²) in [6.07, 6.45) is 0.784. The Morgan fingerprint density at radius 3 is 2.65 bits per heavy atom. The second-order valence-electron chi connectivity index (χ2n) is 4.99. The van der Waals surface area contributed by atoms with Crippen LogP contribution < -0.4 is 5.32 Å². The van der Waals surface area contributed by atoms with Crippen LogP contribution >= 0.6 is 11.3 Å². The zero-order chi connectivity index (χ0) is 17.0. The van der Waals surface area contributed by atoms with Crippen LogP contribution in [0.2, 0.25) is 0 Å². The lowest BCUT2D eigenvalue weighted by Crippen LogP contribution is -2.20. The van der Waals surface area contributed by atoms with Crippen LogP contribution in [0.3, 0.4) is 0 Å². The van der Waals surface area contributed by atoms with E-state index < -0.39 is 0 Å². The summed E-state index contributed by atoms with van der Waals surface area (Å²) in [6, 6.07) is 1.74. The Morgan fingerprint density at radius 1 is 1.30 bits per heavy atom. The zero-order valence-electron chi connectivity index (χ0n) is 13.7. The Labute approximate surface area is 138 Å². The van der Waals surface area contributed by atoms with Gasteiger partial charge >= 0.3 is 5.97 Å². The van der Waals surface area contributed by atoms with Gasteiger partial charge in [-0.1, -0.05) is 18.3 Å². The number of aromatic nitrogens is 3. The van der Waals surface area contributed by atoms with E-state index in [9.17, 15) is 9.59 Å². The van der Waals surface area contributed by atoms with Crippen molar-refractivity contribution in [1.82, 2.24) is 14.8 Å². The van der Waals surface area contributed by atoms with Crippen molar-refractivity contribution in [2.45, 2.75) is 40.7 Å². The smallest absolute Gasteiger partial charge is 0.339 e. The highest BCUT2D eigenvalue weighted by molar-refractivity contribution is 7.15. The standard InChI is InChI=1S/C15H20N4O3S/c1-5-13-17-18-15(23-13)16-12(20)8-19-9(3)7-11(10(19)4)14(21)22-6-2/h7H,5-6,8H2,1-4H3,(H,16,18,20). The molecule has 0 unspecified atom stereocenters. The van der Waals surface area contributed by atoms with E-state index in [4.69, 9.17) is 4.74 Å². The highest BCUT2D eigenvalue weighted by atomic mass is 32.1. The third-order valence-corrected chi connectivity index (χ3v) is 4.37. The van der Waals surface area contributed by atoms with Crippen molar-refractivity contribution in [1.29, 1.82) is 0 Å². The number of rotatable bonds is 6. The third-order valence-electron chi connectivity index (χ3n) is 3.39. The van der Waals surface area contributed by atoms with Crippen LogP contribution in [0, 0.1) is 13.8 Å². The molecule has 8 heteroatoms. The Kier molecular flexibility index (Phi) is 5.49. The second-order valence-corrected chi connectivity index (χ2v) is 6.06. The predicted molar refractivity (Wildman–Crippen MR) is 87.8 cm³/mol. The predicted octanol–water partition coefficient (Wildman–Crippen LogP) is 2.33. The molecule has 1 N–H and O–H groups in total. The molecule has 124 valence electrons. The number of hydrogen-bond acceptors (Lipinski definition) is 6. The van der Waals surface area contributed by atoms with Gasteiger partial charge in [0.25, 0.3) is 0 Å². The lowest BCUT2D eigenvalue weighted by molar-refractivity contribution is -0.116. The monoisotopic (exact) mass is 336 g/mol. The minimum Gasteiger partial charge on any atom is -0.462 e. The van der Waals surface area contributed by atoms with E-state index >= 15 is 0 Å². The van der Waals surface area contributed by atoms with Gasteiger partial charge in [0.15, 0.2) is 0 Å². The molecule has 0 aliphatic carbocycles. The molecule has 0 aliphatic rings. The van der Waals surface area contributed by atoms with Crippen LogP contribution in [0.1, 0.15) is 40.6 Å². The quantitative estimate of drug-likeness (QED) is 0.818. The number of hydrogen-bond donors (Lipinski definition) is 1.